The summed E-state index contributed by atoms with van der Waals surface area (Å²) < 4.78 is 27.8. The summed E-state index contributed by atoms with van der Waals surface area (Å²) in [6.07, 6.45) is 4.17. The van der Waals surface area contributed by atoms with Crippen molar-refractivity contribution in [1.29, 1.82) is 0 Å². The molecule has 16 heavy (non-hydrogen) atoms. The average molecular weight is 249 g/mol. The number of rotatable bonds is 5. The van der Waals surface area contributed by atoms with E-state index in [4.69, 9.17) is 5.73 Å². The Kier molecular flexibility index (Phi) is 5.17. The minimum atomic E-state index is -3.33. The van der Waals surface area contributed by atoms with Gasteiger partial charge in [-0.1, -0.05) is 19.8 Å². The highest BCUT2D eigenvalue weighted by Gasteiger charge is 2.29. The highest BCUT2D eigenvalue weighted by atomic mass is 32.2. The van der Waals surface area contributed by atoms with Crippen LogP contribution in [-0.2, 0) is 10.2 Å². The molecule has 6 heteroatoms. The first kappa shape index (κ1) is 13.9. The molecule has 1 aliphatic rings. The molecular weight excluding hydrogens is 226 g/mol. The van der Waals surface area contributed by atoms with Crippen molar-refractivity contribution in [1.82, 2.24) is 9.03 Å². The molecular formula is C10H23N3O2S. The Morgan fingerprint density at radius 3 is 2.56 bits per heavy atom. The second-order valence-electron chi connectivity index (χ2n) is 4.42. The van der Waals surface area contributed by atoms with Crippen molar-refractivity contribution < 1.29 is 8.42 Å². The van der Waals surface area contributed by atoms with Gasteiger partial charge in [-0.15, -0.1) is 0 Å². The van der Waals surface area contributed by atoms with E-state index in [1.54, 1.807) is 7.05 Å². The molecule has 0 heterocycles. The van der Waals surface area contributed by atoms with E-state index >= 15 is 0 Å². The third-order valence-corrected chi connectivity index (χ3v) is 5.05. The Morgan fingerprint density at radius 2 is 2.00 bits per heavy atom. The summed E-state index contributed by atoms with van der Waals surface area (Å²) in [6, 6.07) is 0.0118. The van der Waals surface area contributed by atoms with Crippen LogP contribution >= 0.6 is 0 Å². The van der Waals surface area contributed by atoms with Crippen molar-refractivity contribution in [2.75, 3.05) is 20.1 Å². The largest absolute Gasteiger partial charge is 0.330 e. The highest BCUT2D eigenvalue weighted by Crippen LogP contribution is 2.24. The van der Waals surface area contributed by atoms with E-state index in [1.165, 1.54) is 4.31 Å². The van der Waals surface area contributed by atoms with Crippen LogP contribution in [0.15, 0.2) is 0 Å². The molecule has 0 amide bonds. The number of nitrogens with zero attached hydrogens (tertiary/aromatic N) is 1. The van der Waals surface area contributed by atoms with Crippen molar-refractivity contribution in [2.24, 2.45) is 11.7 Å². The second kappa shape index (κ2) is 5.95. The van der Waals surface area contributed by atoms with Crippen LogP contribution < -0.4 is 10.5 Å². The van der Waals surface area contributed by atoms with Gasteiger partial charge in [0.05, 0.1) is 0 Å². The second-order valence-corrected chi connectivity index (χ2v) is 6.23. The molecule has 1 saturated carbocycles. The smallest absolute Gasteiger partial charge is 0.279 e. The van der Waals surface area contributed by atoms with Gasteiger partial charge in [-0.3, -0.25) is 0 Å². The fraction of sp³-hybridized carbons (Fsp3) is 1.00. The Hall–Kier alpha value is -0.170. The molecule has 0 aromatic heterocycles. The van der Waals surface area contributed by atoms with Crippen LogP contribution in [0.2, 0.25) is 0 Å². The van der Waals surface area contributed by atoms with Gasteiger partial charge in [0.25, 0.3) is 10.2 Å². The maximum absolute atomic E-state index is 11.9. The van der Waals surface area contributed by atoms with E-state index in [0.717, 1.165) is 25.7 Å². The van der Waals surface area contributed by atoms with E-state index in [-0.39, 0.29) is 12.0 Å². The summed E-state index contributed by atoms with van der Waals surface area (Å²) in [4.78, 5) is 0. The molecule has 0 saturated heterocycles. The molecule has 96 valence electrons. The predicted octanol–water partition coefficient (Wildman–Crippen LogP) is 0.290. The first-order chi connectivity index (χ1) is 7.51. The quantitative estimate of drug-likeness (QED) is 0.735. The first-order valence-corrected chi connectivity index (χ1v) is 7.39. The van der Waals surface area contributed by atoms with Gasteiger partial charge < -0.3 is 5.73 Å². The summed E-state index contributed by atoms with van der Waals surface area (Å²) in [5.74, 6) is 0.286. The number of hydrogen-bond donors (Lipinski definition) is 2. The molecule has 0 bridgehead atoms. The van der Waals surface area contributed by atoms with Crippen molar-refractivity contribution in [3.8, 4) is 0 Å². The predicted molar refractivity (Wildman–Crippen MR) is 65.2 cm³/mol. The van der Waals surface area contributed by atoms with Crippen molar-refractivity contribution in [3.63, 3.8) is 0 Å². The van der Waals surface area contributed by atoms with Crippen molar-refractivity contribution >= 4 is 10.2 Å². The monoisotopic (exact) mass is 249 g/mol. The van der Waals surface area contributed by atoms with Gasteiger partial charge in [-0.2, -0.15) is 17.4 Å². The lowest BCUT2D eigenvalue weighted by atomic mass is 9.85. The zero-order valence-electron chi connectivity index (χ0n) is 10.1. The molecule has 0 radical (unpaired) electrons. The summed E-state index contributed by atoms with van der Waals surface area (Å²) in [7, 11) is -1.74. The Bertz CT molecular complexity index is 305. The Balaban J connectivity index is 2.64. The van der Waals surface area contributed by atoms with E-state index in [1.807, 2.05) is 6.92 Å². The maximum atomic E-state index is 11.9. The lowest BCUT2D eigenvalue weighted by molar-refractivity contribution is 0.291. The van der Waals surface area contributed by atoms with E-state index in [9.17, 15) is 8.42 Å². The van der Waals surface area contributed by atoms with E-state index < -0.39 is 10.2 Å². The normalized spacial score (nSPS) is 27.2. The topological polar surface area (TPSA) is 75.4 Å². The van der Waals surface area contributed by atoms with Gasteiger partial charge in [-0.05, 0) is 25.3 Å². The van der Waals surface area contributed by atoms with Crippen LogP contribution in [0, 0.1) is 5.92 Å². The molecule has 0 spiro atoms. The molecule has 0 aliphatic heterocycles. The van der Waals surface area contributed by atoms with Gasteiger partial charge in [0.15, 0.2) is 0 Å². The standard InChI is InChI=1S/C10H23N3O2S/c1-3-13(2)16(14,15)12-10-7-5-4-6-9(10)8-11/h9-10,12H,3-8,11H2,1-2H3/t9-,10-/m1/s1. The number of nitrogens with one attached hydrogen (secondary N) is 1. The first-order valence-electron chi connectivity index (χ1n) is 5.95. The Morgan fingerprint density at radius 1 is 1.38 bits per heavy atom. The molecule has 1 aliphatic carbocycles. The molecule has 5 nitrogen and oxygen atoms in total. The van der Waals surface area contributed by atoms with Gasteiger partial charge >= 0.3 is 0 Å². The van der Waals surface area contributed by atoms with Crippen molar-refractivity contribution in [3.05, 3.63) is 0 Å². The molecule has 3 N–H and O–H groups in total. The average Bonchev–Trinajstić information content (AvgIpc) is 2.28. The van der Waals surface area contributed by atoms with Crippen LogP contribution in [0.5, 0.6) is 0 Å². The minimum absolute atomic E-state index is 0.0118. The lowest BCUT2D eigenvalue weighted by Crippen LogP contribution is -2.49. The molecule has 1 rings (SSSR count). The molecule has 0 aromatic rings. The summed E-state index contributed by atoms with van der Waals surface area (Å²) in [5.41, 5.74) is 5.67. The summed E-state index contributed by atoms with van der Waals surface area (Å²) >= 11 is 0. The summed E-state index contributed by atoms with van der Waals surface area (Å²) in [6.45, 7) is 2.86. The third-order valence-electron chi connectivity index (χ3n) is 3.37. The summed E-state index contributed by atoms with van der Waals surface area (Å²) in [5, 5.41) is 0. The maximum Gasteiger partial charge on any atom is 0.279 e. The van der Waals surface area contributed by atoms with Crippen LogP contribution in [0.25, 0.3) is 0 Å². The van der Waals surface area contributed by atoms with Crippen LogP contribution in [-0.4, -0.2) is 38.9 Å². The fourth-order valence-electron chi connectivity index (χ4n) is 2.10. The zero-order chi connectivity index (χ0) is 12.2. The van der Waals surface area contributed by atoms with E-state index in [2.05, 4.69) is 4.72 Å². The minimum Gasteiger partial charge on any atom is -0.330 e. The van der Waals surface area contributed by atoms with Crippen LogP contribution in [0.1, 0.15) is 32.6 Å². The molecule has 0 unspecified atom stereocenters. The molecule has 0 aromatic carbocycles. The molecule has 2 atom stereocenters. The highest BCUT2D eigenvalue weighted by molar-refractivity contribution is 7.87. The number of hydrogen-bond acceptors (Lipinski definition) is 3. The van der Waals surface area contributed by atoms with Crippen LogP contribution in [0.3, 0.4) is 0 Å². The third kappa shape index (κ3) is 3.41. The van der Waals surface area contributed by atoms with Crippen molar-refractivity contribution in [2.45, 2.75) is 38.6 Å². The van der Waals surface area contributed by atoms with Gasteiger partial charge in [0.1, 0.15) is 0 Å². The van der Waals surface area contributed by atoms with Crippen LogP contribution in [0.4, 0.5) is 0 Å². The SMILES string of the molecule is CCN(C)S(=O)(=O)N[C@@H]1CCCC[C@@H]1CN. The van der Waals surface area contributed by atoms with E-state index in [0.29, 0.717) is 13.1 Å². The zero-order valence-corrected chi connectivity index (χ0v) is 11.0. The van der Waals surface area contributed by atoms with Gasteiger partial charge in [0.2, 0.25) is 0 Å². The lowest BCUT2D eigenvalue weighted by Gasteiger charge is -2.32. The molecule has 1 fully saturated rings. The van der Waals surface area contributed by atoms with Gasteiger partial charge in [0, 0.05) is 19.6 Å². The van der Waals surface area contributed by atoms with Gasteiger partial charge in [-0.25, -0.2) is 0 Å². The fourth-order valence-corrected chi connectivity index (χ4v) is 3.31. The number of nitrogens with two attached hydrogens (primary N) is 1. The Labute approximate surface area is 98.6 Å².